The van der Waals surface area contributed by atoms with Gasteiger partial charge in [0.05, 0.1) is 55.8 Å². The molecule has 2 heterocycles. The van der Waals surface area contributed by atoms with Gasteiger partial charge in [0.15, 0.2) is 12.2 Å². The van der Waals surface area contributed by atoms with Crippen molar-refractivity contribution < 1.29 is 66.6 Å². The van der Waals surface area contributed by atoms with Gasteiger partial charge in [-0.05, 0) is 123 Å². The fourth-order valence-corrected chi connectivity index (χ4v) is 6.09. The van der Waals surface area contributed by atoms with Gasteiger partial charge in [-0.3, -0.25) is 0 Å². The first-order valence-electron chi connectivity index (χ1n) is 18.7. The lowest BCUT2D eigenvalue weighted by Gasteiger charge is -2.17. The predicted molar refractivity (Wildman–Crippen MR) is 205 cm³/mol. The maximum atomic E-state index is 13.0. The minimum Gasteiger partial charge on any atom is -0.497 e. The van der Waals surface area contributed by atoms with Crippen LogP contribution in [0.1, 0.15) is 67.1 Å². The summed E-state index contributed by atoms with van der Waals surface area (Å²) in [7, 11) is 1.53. The van der Waals surface area contributed by atoms with Crippen molar-refractivity contribution in [2.75, 3.05) is 33.5 Å². The third-order valence-corrected chi connectivity index (χ3v) is 9.21. The summed E-state index contributed by atoms with van der Waals surface area (Å²) in [4.78, 5) is 62.2. The van der Waals surface area contributed by atoms with Crippen LogP contribution in [0.25, 0.3) is 0 Å². The summed E-state index contributed by atoms with van der Waals surface area (Å²) >= 11 is 0. The number of rotatable bonds is 18. The normalized spacial score (nSPS) is 17.9. The molecule has 58 heavy (non-hydrogen) atoms. The van der Waals surface area contributed by atoms with E-state index in [0.29, 0.717) is 35.8 Å². The van der Waals surface area contributed by atoms with Gasteiger partial charge in [0, 0.05) is 6.08 Å². The Kier molecular flexibility index (Phi) is 14.2. The van der Waals surface area contributed by atoms with E-state index in [4.69, 9.17) is 42.6 Å². The van der Waals surface area contributed by atoms with Gasteiger partial charge in [-0.2, -0.15) is 0 Å². The van der Waals surface area contributed by atoms with Crippen molar-refractivity contribution in [3.05, 3.63) is 132 Å². The Morgan fingerprint density at radius 1 is 0.552 bits per heavy atom. The number of ether oxygens (including phenoxy) is 9. The van der Waals surface area contributed by atoms with Crippen LogP contribution in [-0.2, 0) is 28.5 Å². The molecule has 0 spiro atoms. The molecule has 0 aromatic heterocycles. The minimum absolute atomic E-state index is 0.0412. The lowest BCUT2D eigenvalue weighted by atomic mass is 10.1. The van der Waals surface area contributed by atoms with Gasteiger partial charge in [0.25, 0.3) is 0 Å². The van der Waals surface area contributed by atoms with E-state index in [9.17, 15) is 24.0 Å². The SMILES string of the molecule is C=CC(=O)OCCCCCCOc1ccc(C(=O)Oc2ccc(C(=O)O[C@H]3COC4C3OC[C@H]4OC(=O)c3ccc(OC(=O)c4ccc(OC)cc4)cc3)cc2)cc1. The Hall–Kier alpha value is -6.51. The summed E-state index contributed by atoms with van der Waals surface area (Å²) in [6.07, 6.45) is 1.80. The fraction of sp³-hybridized carbons (Fsp3) is 0.295. The topological polar surface area (TPSA) is 168 Å². The summed E-state index contributed by atoms with van der Waals surface area (Å²) in [5.41, 5.74) is 1.11. The zero-order valence-corrected chi connectivity index (χ0v) is 31.7. The van der Waals surface area contributed by atoms with E-state index >= 15 is 0 Å². The zero-order chi connectivity index (χ0) is 40.9. The van der Waals surface area contributed by atoms with Crippen molar-refractivity contribution >= 4 is 29.8 Å². The maximum Gasteiger partial charge on any atom is 0.343 e. The van der Waals surface area contributed by atoms with Crippen LogP contribution in [0.3, 0.4) is 0 Å². The van der Waals surface area contributed by atoms with Crippen molar-refractivity contribution in [1.82, 2.24) is 0 Å². The Morgan fingerprint density at radius 2 is 0.948 bits per heavy atom. The van der Waals surface area contributed by atoms with Gasteiger partial charge >= 0.3 is 29.8 Å². The molecule has 0 saturated carbocycles. The van der Waals surface area contributed by atoms with E-state index in [1.54, 1.807) is 48.5 Å². The second-order valence-electron chi connectivity index (χ2n) is 13.2. The molecule has 14 nitrogen and oxygen atoms in total. The molecular weight excluding hydrogens is 752 g/mol. The van der Waals surface area contributed by atoms with Crippen molar-refractivity contribution in [3.8, 4) is 23.0 Å². The van der Waals surface area contributed by atoms with Crippen LogP contribution < -0.4 is 18.9 Å². The number of hydrogen-bond donors (Lipinski definition) is 0. The van der Waals surface area contributed by atoms with Gasteiger partial charge in [0.1, 0.15) is 35.2 Å². The quantitative estimate of drug-likeness (QED) is 0.0359. The van der Waals surface area contributed by atoms with E-state index < -0.39 is 54.3 Å². The third-order valence-electron chi connectivity index (χ3n) is 9.21. The van der Waals surface area contributed by atoms with Gasteiger partial charge in [-0.25, -0.2) is 24.0 Å². The number of unbranched alkanes of at least 4 members (excludes halogenated alkanes) is 3. The predicted octanol–water partition coefficient (Wildman–Crippen LogP) is 6.35. The van der Waals surface area contributed by atoms with Gasteiger partial charge in [0.2, 0.25) is 0 Å². The molecule has 302 valence electrons. The standard InChI is InChI=1S/C44H42O14/c1-3-38(45)52-25-7-5-4-6-24-51-33-18-10-29(11-19-33)42(47)56-35-22-14-31(15-23-35)44(49)58-37-27-54-39-36(26-53-40(37)39)57-43(48)30-12-20-34(21-13-30)55-41(46)28-8-16-32(50-2)17-9-28/h3,8-23,36-37,39-40H,1,4-7,24-27H2,2H3/t36-,37+,39?,40?/m1/s1. The number of carbonyl (C=O) groups excluding carboxylic acids is 5. The summed E-state index contributed by atoms with van der Waals surface area (Å²) in [5, 5.41) is 0. The van der Waals surface area contributed by atoms with E-state index in [1.807, 2.05) is 0 Å². The molecule has 4 atom stereocenters. The molecule has 0 bridgehead atoms. The highest BCUT2D eigenvalue weighted by Gasteiger charge is 2.51. The molecule has 6 rings (SSSR count). The van der Waals surface area contributed by atoms with Crippen LogP contribution in [0.2, 0.25) is 0 Å². The Balaban J connectivity index is 0.900. The first kappa shape index (κ1) is 41.1. The molecule has 2 aliphatic heterocycles. The maximum absolute atomic E-state index is 13.0. The average molecular weight is 795 g/mol. The number of hydrogen-bond acceptors (Lipinski definition) is 14. The molecule has 0 amide bonds. The Bertz CT molecular complexity index is 2040. The second kappa shape index (κ2) is 20.1. The van der Waals surface area contributed by atoms with Crippen molar-refractivity contribution in [3.63, 3.8) is 0 Å². The highest BCUT2D eigenvalue weighted by Crippen LogP contribution is 2.32. The van der Waals surface area contributed by atoms with E-state index in [1.165, 1.54) is 55.6 Å². The summed E-state index contributed by atoms with van der Waals surface area (Å²) < 4.78 is 49.7. The molecule has 14 heteroatoms. The average Bonchev–Trinajstić information content (AvgIpc) is 3.84. The molecule has 2 fully saturated rings. The van der Waals surface area contributed by atoms with Crippen molar-refractivity contribution in [2.45, 2.75) is 50.1 Å². The lowest BCUT2D eigenvalue weighted by Crippen LogP contribution is -2.36. The van der Waals surface area contributed by atoms with Crippen LogP contribution in [0.5, 0.6) is 23.0 Å². The molecule has 2 unspecified atom stereocenters. The van der Waals surface area contributed by atoms with Crippen LogP contribution >= 0.6 is 0 Å². The van der Waals surface area contributed by atoms with Gasteiger partial charge in [-0.1, -0.05) is 6.58 Å². The first-order valence-corrected chi connectivity index (χ1v) is 18.7. The molecule has 4 aromatic carbocycles. The minimum atomic E-state index is -0.745. The van der Waals surface area contributed by atoms with E-state index in [-0.39, 0.29) is 35.8 Å². The van der Waals surface area contributed by atoms with Crippen LogP contribution in [0.4, 0.5) is 0 Å². The molecular formula is C44H42O14. The summed E-state index contributed by atoms with van der Waals surface area (Å²) in [6.45, 7) is 4.32. The largest absolute Gasteiger partial charge is 0.497 e. The van der Waals surface area contributed by atoms with Crippen molar-refractivity contribution in [2.24, 2.45) is 0 Å². The fourth-order valence-electron chi connectivity index (χ4n) is 6.09. The number of fused-ring (bicyclic) bond motifs is 1. The Morgan fingerprint density at radius 3 is 1.38 bits per heavy atom. The second-order valence-corrected chi connectivity index (χ2v) is 13.2. The molecule has 0 N–H and O–H groups in total. The number of esters is 5. The van der Waals surface area contributed by atoms with Gasteiger partial charge < -0.3 is 42.6 Å². The first-order chi connectivity index (χ1) is 28.2. The number of carbonyl (C=O) groups is 5. The highest BCUT2D eigenvalue weighted by atomic mass is 16.7. The summed E-state index contributed by atoms with van der Waals surface area (Å²) in [5.74, 6) is -1.11. The zero-order valence-electron chi connectivity index (χ0n) is 31.7. The number of methoxy groups -OCH3 is 1. The molecule has 4 aromatic rings. The van der Waals surface area contributed by atoms with Crippen LogP contribution in [0.15, 0.2) is 110 Å². The lowest BCUT2D eigenvalue weighted by molar-refractivity contribution is -0.137. The summed E-state index contributed by atoms with van der Waals surface area (Å²) in [6, 6.07) is 24.9. The van der Waals surface area contributed by atoms with E-state index in [2.05, 4.69) is 6.58 Å². The molecule has 2 saturated heterocycles. The highest BCUT2D eigenvalue weighted by molar-refractivity contribution is 5.93. The van der Waals surface area contributed by atoms with Crippen molar-refractivity contribution in [1.29, 1.82) is 0 Å². The number of benzene rings is 4. The van der Waals surface area contributed by atoms with E-state index in [0.717, 1.165) is 31.8 Å². The van der Waals surface area contributed by atoms with Crippen LogP contribution in [0, 0.1) is 0 Å². The molecule has 0 aliphatic carbocycles. The Labute approximate surface area is 334 Å². The molecule has 0 radical (unpaired) electrons. The smallest absolute Gasteiger partial charge is 0.343 e. The van der Waals surface area contributed by atoms with Gasteiger partial charge in [-0.15, -0.1) is 0 Å². The molecule has 2 aliphatic rings. The van der Waals surface area contributed by atoms with Crippen LogP contribution in [-0.4, -0.2) is 87.8 Å². The monoisotopic (exact) mass is 794 g/mol. The third kappa shape index (κ3) is 11.1.